The van der Waals surface area contributed by atoms with Crippen LogP contribution in [0.1, 0.15) is 38.5 Å². The standard InChI is InChI=1S/C19H23F5O8S/c1-2-3-30-15(26)18(19(22,23)24,31-10-17(20,21)33(27,28)29)32-14(25)16-7-11-4-12(8-16)6-13(5-11)9-16/h2,11-13H,1,3-10H2,(H,27,28,29). The van der Waals surface area contributed by atoms with Crippen molar-refractivity contribution in [2.24, 2.45) is 23.2 Å². The minimum atomic E-state index is -6.21. The van der Waals surface area contributed by atoms with Crippen LogP contribution in [0.2, 0.25) is 0 Å². The number of rotatable bonds is 9. The summed E-state index contributed by atoms with van der Waals surface area (Å²) in [6.45, 7) is -0.309. The van der Waals surface area contributed by atoms with E-state index in [0.717, 1.165) is 25.3 Å². The van der Waals surface area contributed by atoms with Crippen LogP contribution in [0.25, 0.3) is 0 Å². The number of esters is 2. The average molecular weight is 506 g/mol. The minimum Gasteiger partial charge on any atom is -0.456 e. The van der Waals surface area contributed by atoms with Crippen LogP contribution in [-0.4, -0.2) is 55.3 Å². The maximum atomic E-state index is 14.1. The molecule has 4 aliphatic rings. The van der Waals surface area contributed by atoms with Crippen molar-refractivity contribution in [3.8, 4) is 0 Å². The molecule has 14 heteroatoms. The zero-order valence-electron chi connectivity index (χ0n) is 17.3. The zero-order valence-corrected chi connectivity index (χ0v) is 18.1. The van der Waals surface area contributed by atoms with Gasteiger partial charge in [0.2, 0.25) is 0 Å². The Kier molecular flexibility index (Phi) is 6.61. The van der Waals surface area contributed by atoms with Crippen LogP contribution in [0.4, 0.5) is 22.0 Å². The molecule has 4 bridgehead atoms. The van der Waals surface area contributed by atoms with Crippen LogP contribution >= 0.6 is 0 Å². The highest BCUT2D eigenvalue weighted by Gasteiger charge is 2.70. The summed E-state index contributed by atoms with van der Waals surface area (Å²) >= 11 is 0. The van der Waals surface area contributed by atoms with E-state index in [4.69, 9.17) is 4.55 Å². The summed E-state index contributed by atoms with van der Waals surface area (Å²) in [5.41, 5.74) is -1.35. The van der Waals surface area contributed by atoms with E-state index >= 15 is 0 Å². The van der Waals surface area contributed by atoms with Gasteiger partial charge in [0.15, 0.2) is 0 Å². The van der Waals surface area contributed by atoms with Crippen molar-refractivity contribution in [2.45, 2.75) is 55.7 Å². The predicted octanol–water partition coefficient (Wildman–Crippen LogP) is 3.23. The molecule has 0 aromatic heterocycles. The van der Waals surface area contributed by atoms with Crippen molar-refractivity contribution in [3.05, 3.63) is 12.7 Å². The molecule has 1 atom stereocenters. The highest BCUT2D eigenvalue weighted by molar-refractivity contribution is 7.86. The van der Waals surface area contributed by atoms with Crippen LogP contribution in [0, 0.1) is 23.2 Å². The van der Waals surface area contributed by atoms with Gasteiger partial charge in [0.05, 0.1) is 5.41 Å². The Morgan fingerprint density at radius 2 is 1.52 bits per heavy atom. The van der Waals surface area contributed by atoms with Gasteiger partial charge in [0.25, 0.3) is 0 Å². The Balaban J connectivity index is 1.95. The van der Waals surface area contributed by atoms with Gasteiger partial charge in [0.1, 0.15) is 13.2 Å². The second-order valence-corrected chi connectivity index (χ2v) is 10.5. The van der Waals surface area contributed by atoms with Crippen molar-refractivity contribution >= 4 is 22.1 Å². The monoisotopic (exact) mass is 506 g/mol. The fourth-order valence-corrected chi connectivity index (χ4v) is 5.68. The molecule has 0 spiro atoms. The van der Waals surface area contributed by atoms with Gasteiger partial charge < -0.3 is 14.2 Å². The Morgan fingerprint density at radius 1 is 1.03 bits per heavy atom. The summed E-state index contributed by atoms with van der Waals surface area (Å²) in [5, 5.41) is -5.24. The lowest BCUT2D eigenvalue weighted by molar-refractivity contribution is -0.364. The third-order valence-electron chi connectivity index (χ3n) is 6.50. The minimum absolute atomic E-state index is 0.0848. The SMILES string of the molecule is C=CCOC(=O)C(OCC(F)(F)S(=O)(=O)O)(OC(=O)C12CC3CC(CC(C3)C1)C2)C(F)(F)F. The smallest absolute Gasteiger partial charge is 0.456 e. The van der Waals surface area contributed by atoms with Crippen LogP contribution in [-0.2, 0) is 33.9 Å². The quantitative estimate of drug-likeness (QED) is 0.167. The van der Waals surface area contributed by atoms with E-state index in [1.165, 1.54) is 0 Å². The first-order valence-electron chi connectivity index (χ1n) is 10.1. The molecule has 0 aromatic rings. The van der Waals surface area contributed by atoms with Gasteiger partial charge in [0, 0.05) is 0 Å². The zero-order chi connectivity index (χ0) is 24.9. The van der Waals surface area contributed by atoms with E-state index in [0.29, 0.717) is 0 Å². The first-order valence-corrected chi connectivity index (χ1v) is 11.6. The molecule has 188 valence electrons. The van der Waals surface area contributed by atoms with E-state index in [2.05, 4.69) is 20.8 Å². The normalized spacial score (nSPS) is 31.0. The van der Waals surface area contributed by atoms with E-state index in [1.54, 1.807) is 0 Å². The lowest BCUT2D eigenvalue weighted by Gasteiger charge is -2.55. The van der Waals surface area contributed by atoms with Crippen LogP contribution in [0.5, 0.6) is 0 Å². The van der Waals surface area contributed by atoms with E-state index in [-0.39, 0.29) is 37.0 Å². The molecule has 0 radical (unpaired) electrons. The van der Waals surface area contributed by atoms with E-state index in [1.807, 2.05) is 0 Å². The van der Waals surface area contributed by atoms with Gasteiger partial charge in [-0.15, -0.1) is 0 Å². The maximum absolute atomic E-state index is 14.1. The Morgan fingerprint density at radius 3 is 1.91 bits per heavy atom. The van der Waals surface area contributed by atoms with Crippen LogP contribution < -0.4 is 0 Å². The largest absolute Gasteiger partial charge is 0.468 e. The summed E-state index contributed by atoms with van der Waals surface area (Å²) < 4.78 is 113. The second kappa shape index (κ2) is 8.45. The molecule has 4 rings (SSSR count). The first kappa shape index (κ1) is 25.8. The number of alkyl halides is 5. The number of ether oxygens (including phenoxy) is 3. The predicted molar refractivity (Wildman–Crippen MR) is 99.1 cm³/mol. The lowest BCUT2D eigenvalue weighted by Crippen LogP contribution is -2.62. The number of halogens is 5. The highest BCUT2D eigenvalue weighted by atomic mass is 32.2. The topological polar surface area (TPSA) is 116 Å². The molecular formula is C19H23F5O8S. The summed E-state index contributed by atoms with van der Waals surface area (Å²) in [6.07, 6.45) is -1.97. The molecule has 8 nitrogen and oxygen atoms in total. The van der Waals surface area contributed by atoms with Crippen molar-refractivity contribution in [1.29, 1.82) is 0 Å². The number of carbonyl (C=O) groups is 2. The van der Waals surface area contributed by atoms with Crippen LogP contribution in [0.3, 0.4) is 0 Å². The number of carbonyl (C=O) groups excluding carboxylic acids is 2. The van der Waals surface area contributed by atoms with E-state index in [9.17, 15) is 40.0 Å². The number of hydrogen-bond acceptors (Lipinski definition) is 7. The van der Waals surface area contributed by atoms with E-state index < -0.39 is 57.9 Å². The molecule has 4 fully saturated rings. The Bertz CT molecular complexity index is 880. The van der Waals surface area contributed by atoms with Crippen molar-refractivity contribution < 1.29 is 58.7 Å². The van der Waals surface area contributed by atoms with Gasteiger partial charge in [-0.3, -0.25) is 9.35 Å². The maximum Gasteiger partial charge on any atom is 0.468 e. The summed E-state index contributed by atoms with van der Waals surface area (Å²) in [4.78, 5) is 25.4. The molecule has 0 heterocycles. The van der Waals surface area contributed by atoms with Crippen molar-refractivity contribution in [1.82, 2.24) is 0 Å². The van der Waals surface area contributed by atoms with Crippen molar-refractivity contribution in [3.63, 3.8) is 0 Å². The molecule has 4 aliphatic carbocycles. The third-order valence-corrected chi connectivity index (χ3v) is 7.38. The highest BCUT2D eigenvalue weighted by Crippen LogP contribution is 2.61. The molecule has 4 saturated carbocycles. The van der Waals surface area contributed by atoms with Crippen LogP contribution in [0.15, 0.2) is 12.7 Å². The second-order valence-electron chi connectivity index (χ2n) is 8.99. The van der Waals surface area contributed by atoms with Gasteiger partial charge in [-0.25, -0.2) is 4.79 Å². The Hall–Kier alpha value is -1.80. The molecule has 0 saturated heterocycles. The molecule has 33 heavy (non-hydrogen) atoms. The van der Waals surface area contributed by atoms with Gasteiger partial charge in [-0.1, -0.05) is 12.7 Å². The van der Waals surface area contributed by atoms with Gasteiger partial charge in [-0.2, -0.15) is 30.4 Å². The molecule has 0 amide bonds. The fraction of sp³-hybridized carbons (Fsp3) is 0.789. The molecule has 1 N–H and O–H groups in total. The average Bonchev–Trinajstić information content (AvgIpc) is 2.66. The number of hydrogen-bond donors (Lipinski definition) is 1. The lowest BCUT2D eigenvalue weighted by atomic mass is 9.49. The third kappa shape index (κ3) is 4.74. The first-order chi connectivity index (χ1) is 15.1. The van der Waals surface area contributed by atoms with Gasteiger partial charge in [-0.05, 0) is 56.3 Å². The summed E-state index contributed by atoms with van der Waals surface area (Å²) in [6, 6.07) is 0. The Labute approximate surface area is 186 Å². The summed E-state index contributed by atoms with van der Waals surface area (Å²) in [5.74, 6) is -8.27. The molecule has 1 unspecified atom stereocenters. The molecular weight excluding hydrogens is 483 g/mol. The summed E-state index contributed by atoms with van der Waals surface area (Å²) in [7, 11) is -6.21. The van der Waals surface area contributed by atoms with Crippen molar-refractivity contribution in [2.75, 3.05) is 13.2 Å². The molecule has 0 aromatic carbocycles. The molecule has 0 aliphatic heterocycles. The van der Waals surface area contributed by atoms with Gasteiger partial charge >= 0.3 is 39.3 Å². The fourth-order valence-electron chi connectivity index (χ4n) is 5.47.